The van der Waals surface area contributed by atoms with Gasteiger partial charge in [0.25, 0.3) is 0 Å². The number of ether oxygens (including phenoxy) is 3. The van der Waals surface area contributed by atoms with Crippen molar-refractivity contribution in [2.75, 3.05) is 13.2 Å². The molecule has 29 heavy (non-hydrogen) atoms. The Kier molecular flexibility index (Phi) is 8.20. The Labute approximate surface area is 171 Å². The van der Waals surface area contributed by atoms with E-state index < -0.39 is 30.1 Å². The van der Waals surface area contributed by atoms with E-state index >= 15 is 0 Å². The van der Waals surface area contributed by atoms with Gasteiger partial charge in [-0.1, -0.05) is 26.5 Å². The minimum Gasteiger partial charge on any atom is -0.461 e. The Hall–Kier alpha value is -2.41. The van der Waals surface area contributed by atoms with Crippen molar-refractivity contribution in [3.8, 4) is 0 Å². The molecule has 0 saturated carbocycles. The molecule has 4 atom stereocenters. The SMILES string of the molecule is C=C1C(=O)O[C@@H]2/C=C(\COC(C)=O)CC/C=C(\COC(=O)[C@H](C)CC)C[C@@H](O)[C@@H]12. The first-order valence-corrected chi connectivity index (χ1v) is 9.98. The lowest BCUT2D eigenvalue weighted by Gasteiger charge is -2.24. The highest BCUT2D eigenvalue weighted by atomic mass is 16.6. The molecule has 0 bridgehead atoms. The summed E-state index contributed by atoms with van der Waals surface area (Å²) in [4.78, 5) is 35.2. The molecule has 0 radical (unpaired) electrons. The first kappa shape index (κ1) is 22.9. The van der Waals surface area contributed by atoms with Crippen LogP contribution in [0.1, 0.15) is 46.5 Å². The number of aliphatic hydroxyl groups is 1. The van der Waals surface area contributed by atoms with Gasteiger partial charge in [0, 0.05) is 12.5 Å². The molecule has 0 unspecified atom stereocenters. The van der Waals surface area contributed by atoms with Crippen molar-refractivity contribution in [3.63, 3.8) is 0 Å². The van der Waals surface area contributed by atoms with Gasteiger partial charge in [-0.05, 0) is 42.9 Å². The number of esters is 3. The molecule has 1 saturated heterocycles. The Morgan fingerprint density at radius 3 is 2.66 bits per heavy atom. The number of rotatable bonds is 6. The molecule has 1 heterocycles. The summed E-state index contributed by atoms with van der Waals surface area (Å²) >= 11 is 0. The maximum atomic E-state index is 12.0. The third kappa shape index (κ3) is 6.29. The minimum absolute atomic E-state index is 0.0852. The van der Waals surface area contributed by atoms with Crippen LogP contribution in [0, 0.1) is 11.8 Å². The second-order valence-corrected chi connectivity index (χ2v) is 7.62. The van der Waals surface area contributed by atoms with Crippen LogP contribution in [-0.4, -0.2) is 48.4 Å². The van der Waals surface area contributed by atoms with Gasteiger partial charge in [0.05, 0.1) is 17.9 Å². The average molecular weight is 406 g/mol. The van der Waals surface area contributed by atoms with Crippen LogP contribution in [-0.2, 0) is 28.6 Å². The molecule has 1 fully saturated rings. The molecule has 7 nitrogen and oxygen atoms in total. The largest absolute Gasteiger partial charge is 0.461 e. The van der Waals surface area contributed by atoms with Gasteiger partial charge in [-0.3, -0.25) is 9.59 Å². The molecule has 1 aliphatic carbocycles. The van der Waals surface area contributed by atoms with Gasteiger partial charge in [0.1, 0.15) is 19.3 Å². The van der Waals surface area contributed by atoms with Crippen molar-refractivity contribution in [1.82, 2.24) is 0 Å². The number of aliphatic hydroxyl groups excluding tert-OH is 1. The van der Waals surface area contributed by atoms with Crippen molar-refractivity contribution in [2.24, 2.45) is 11.8 Å². The molecular weight excluding hydrogens is 376 g/mol. The molecule has 1 N–H and O–H groups in total. The average Bonchev–Trinajstić information content (AvgIpc) is 2.95. The summed E-state index contributed by atoms with van der Waals surface area (Å²) in [6, 6.07) is 0. The molecule has 0 aromatic heterocycles. The summed E-state index contributed by atoms with van der Waals surface area (Å²) in [7, 11) is 0. The van der Waals surface area contributed by atoms with Gasteiger partial charge >= 0.3 is 17.9 Å². The van der Waals surface area contributed by atoms with E-state index in [-0.39, 0.29) is 37.1 Å². The van der Waals surface area contributed by atoms with Gasteiger partial charge in [-0.2, -0.15) is 0 Å². The van der Waals surface area contributed by atoms with Gasteiger partial charge in [-0.15, -0.1) is 0 Å². The maximum Gasteiger partial charge on any atom is 0.334 e. The number of hydrogen-bond acceptors (Lipinski definition) is 7. The van der Waals surface area contributed by atoms with E-state index in [0.29, 0.717) is 19.3 Å². The van der Waals surface area contributed by atoms with E-state index in [1.165, 1.54) is 6.92 Å². The predicted octanol–water partition coefficient (Wildman–Crippen LogP) is 2.63. The molecule has 7 heteroatoms. The van der Waals surface area contributed by atoms with E-state index in [1.54, 1.807) is 13.0 Å². The molecule has 1 aliphatic heterocycles. The fraction of sp³-hybridized carbons (Fsp3) is 0.591. The zero-order valence-corrected chi connectivity index (χ0v) is 17.3. The molecular formula is C22H30O7. The third-order valence-electron chi connectivity index (χ3n) is 5.32. The predicted molar refractivity (Wildman–Crippen MR) is 106 cm³/mol. The number of fused-ring (bicyclic) bond motifs is 1. The van der Waals surface area contributed by atoms with Gasteiger partial charge in [-0.25, -0.2) is 4.79 Å². The minimum atomic E-state index is -0.920. The van der Waals surface area contributed by atoms with Crippen molar-refractivity contribution in [1.29, 1.82) is 0 Å². The highest BCUT2D eigenvalue weighted by Crippen LogP contribution is 2.34. The highest BCUT2D eigenvalue weighted by molar-refractivity contribution is 5.91. The van der Waals surface area contributed by atoms with E-state index in [0.717, 1.165) is 11.1 Å². The fourth-order valence-electron chi connectivity index (χ4n) is 3.36. The van der Waals surface area contributed by atoms with Crippen LogP contribution in [0.15, 0.2) is 35.5 Å². The Morgan fingerprint density at radius 2 is 2.00 bits per heavy atom. The fourth-order valence-corrected chi connectivity index (χ4v) is 3.36. The zero-order valence-electron chi connectivity index (χ0n) is 17.3. The van der Waals surface area contributed by atoms with Crippen LogP contribution in [0.2, 0.25) is 0 Å². The van der Waals surface area contributed by atoms with Crippen LogP contribution in [0.4, 0.5) is 0 Å². The Morgan fingerprint density at radius 1 is 1.31 bits per heavy atom. The molecule has 160 valence electrons. The smallest absolute Gasteiger partial charge is 0.334 e. The van der Waals surface area contributed by atoms with Gasteiger partial charge in [0.2, 0.25) is 0 Å². The highest BCUT2D eigenvalue weighted by Gasteiger charge is 2.42. The first-order chi connectivity index (χ1) is 13.7. The first-order valence-electron chi connectivity index (χ1n) is 9.98. The van der Waals surface area contributed by atoms with E-state index in [9.17, 15) is 19.5 Å². The number of carbonyl (C=O) groups excluding carboxylic acids is 3. The summed E-state index contributed by atoms with van der Waals surface area (Å²) in [6.45, 7) is 9.00. The van der Waals surface area contributed by atoms with Crippen molar-refractivity contribution >= 4 is 17.9 Å². The molecule has 2 aliphatic rings. The third-order valence-corrected chi connectivity index (χ3v) is 5.32. The lowest BCUT2D eigenvalue weighted by atomic mass is 9.85. The Balaban J connectivity index is 2.20. The second kappa shape index (κ2) is 10.4. The van der Waals surface area contributed by atoms with Crippen LogP contribution in [0.3, 0.4) is 0 Å². The van der Waals surface area contributed by atoms with Crippen LogP contribution >= 0.6 is 0 Å². The normalized spacial score (nSPS) is 29.4. The molecule has 0 amide bonds. The van der Waals surface area contributed by atoms with E-state index in [1.807, 2.05) is 13.0 Å². The van der Waals surface area contributed by atoms with Crippen molar-refractivity contribution < 1.29 is 33.7 Å². The van der Waals surface area contributed by atoms with E-state index in [2.05, 4.69) is 6.58 Å². The van der Waals surface area contributed by atoms with Crippen LogP contribution in [0.5, 0.6) is 0 Å². The molecule has 0 aromatic rings. The number of hydrogen-bond donors (Lipinski definition) is 1. The van der Waals surface area contributed by atoms with Crippen molar-refractivity contribution in [3.05, 3.63) is 35.5 Å². The van der Waals surface area contributed by atoms with Gasteiger partial charge in [0.15, 0.2) is 0 Å². The monoisotopic (exact) mass is 406 g/mol. The lowest BCUT2D eigenvalue weighted by Crippen LogP contribution is -2.30. The van der Waals surface area contributed by atoms with Crippen molar-refractivity contribution in [2.45, 2.75) is 58.7 Å². The molecule has 0 spiro atoms. The summed E-state index contributed by atoms with van der Waals surface area (Å²) in [5, 5.41) is 10.8. The second-order valence-electron chi connectivity index (χ2n) is 7.62. The van der Waals surface area contributed by atoms with Gasteiger partial charge < -0.3 is 19.3 Å². The summed E-state index contributed by atoms with van der Waals surface area (Å²) in [5.74, 6) is -2.03. The number of allylic oxidation sites excluding steroid dienone is 1. The Bertz CT molecular complexity index is 719. The topological polar surface area (TPSA) is 99.1 Å². The summed E-state index contributed by atoms with van der Waals surface area (Å²) in [5.41, 5.74) is 1.77. The maximum absolute atomic E-state index is 12.0. The molecule has 2 rings (SSSR count). The quantitative estimate of drug-likeness (QED) is 0.313. The van der Waals surface area contributed by atoms with Crippen LogP contribution < -0.4 is 0 Å². The molecule has 0 aromatic carbocycles. The lowest BCUT2D eigenvalue weighted by molar-refractivity contribution is -0.147. The van der Waals surface area contributed by atoms with Crippen LogP contribution in [0.25, 0.3) is 0 Å². The zero-order chi connectivity index (χ0) is 21.6. The summed E-state index contributed by atoms with van der Waals surface area (Å²) in [6.07, 6.45) is 4.21. The summed E-state index contributed by atoms with van der Waals surface area (Å²) < 4.78 is 15.9. The van der Waals surface area contributed by atoms with E-state index in [4.69, 9.17) is 14.2 Å². The standard InChI is InChI=1S/C22H30O7/c1-5-13(2)21(25)28-12-16-7-6-8-17(11-27-15(4)23)10-19-20(18(24)9-16)14(3)22(26)29-19/h7,10,13,18-20,24H,3,5-6,8-9,11-12H2,1-2,4H3/b16-7-,17-10-/t13-,18-,19-,20-/m1/s1. The number of carbonyl (C=O) groups is 3.